The van der Waals surface area contributed by atoms with Crippen molar-refractivity contribution in [3.63, 3.8) is 0 Å². The van der Waals surface area contributed by atoms with Gasteiger partial charge in [0.1, 0.15) is 11.9 Å². The normalized spacial score (nSPS) is 20.6. The maximum absolute atomic E-state index is 12.9. The van der Waals surface area contributed by atoms with Crippen molar-refractivity contribution in [1.82, 2.24) is 4.90 Å². The summed E-state index contributed by atoms with van der Waals surface area (Å²) in [6.45, 7) is 2.35. The first kappa shape index (κ1) is 21.9. The zero-order valence-electron chi connectivity index (χ0n) is 17.2. The monoisotopic (exact) mass is 464 g/mol. The highest BCUT2D eigenvalue weighted by molar-refractivity contribution is 7.92. The molecule has 2 aromatic carbocycles. The molecule has 2 fully saturated rings. The van der Waals surface area contributed by atoms with Gasteiger partial charge >= 0.3 is 6.09 Å². The van der Waals surface area contributed by atoms with Crippen LogP contribution in [0.4, 0.5) is 10.5 Å². The van der Waals surface area contributed by atoms with Crippen molar-refractivity contribution in [3.8, 4) is 5.75 Å². The third kappa shape index (κ3) is 4.81. The average Bonchev–Trinajstić information content (AvgIpc) is 3.14. The molecule has 1 amide bonds. The Morgan fingerprint density at radius 1 is 1.06 bits per heavy atom. The fourth-order valence-corrected chi connectivity index (χ4v) is 5.95. The largest absolute Gasteiger partial charge is 0.497 e. The summed E-state index contributed by atoms with van der Waals surface area (Å²) in [5.41, 5.74) is 0.765. The maximum atomic E-state index is 12.9. The van der Waals surface area contributed by atoms with Crippen LogP contribution in [0.3, 0.4) is 0 Å². The number of nitrogens with zero attached hydrogens (tertiary/aromatic N) is 2. The molecule has 1 atom stereocenters. The SMILES string of the molecule is COc1ccc(N2C[C@H](CN3CCC(S(=O)(=O)c4ccc(Cl)cc4)CC3)OC2=O)cc1. The van der Waals surface area contributed by atoms with E-state index in [9.17, 15) is 13.2 Å². The molecule has 2 aromatic rings. The molecule has 0 N–H and O–H groups in total. The van der Waals surface area contributed by atoms with Gasteiger partial charge in [-0.1, -0.05) is 11.6 Å². The summed E-state index contributed by atoms with van der Waals surface area (Å²) >= 11 is 5.87. The van der Waals surface area contributed by atoms with E-state index in [0.29, 0.717) is 48.9 Å². The summed E-state index contributed by atoms with van der Waals surface area (Å²) in [4.78, 5) is 16.4. The highest BCUT2D eigenvalue weighted by Gasteiger charge is 2.36. The van der Waals surface area contributed by atoms with Crippen molar-refractivity contribution in [2.75, 3.05) is 38.2 Å². The molecular weight excluding hydrogens is 440 g/mol. The molecule has 2 heterocycles. The first-order valence-corrected chi connectivity index (χ1v) is 12.1. The Balaban J connectivity index is 1.32. The molecule has 2 aliphatic heterocycles. The topological polar surface area (TPSA) is 76.2 Å². The van der Waals surface area contributed by atoms with E-state index < -0.39 is 15.1 Å². The number of cyclic esters (lactones) is 1. The molecule has 2 aliphatic rings. The molecule has 0 unspecified atom stereocenters. The number of benzene rings is 2. The molecule has 31 heavy (non-hydrogen) atoms. The molecule has 0 aromatic heterocycles. The van der Waals surface area contributed by atoms with Crippen LogP contribution in [0.2, 0.25) is 5.02 Å². The number of anilines is 1. The van der Waals surface area contributed by atoms with Crippen molar-refractivity contribution >= 4 is 33.2 Å². The van der Waals surface area contributed by atoms with Gasteiger partial charge in [0.25, 0.3) is 0 Å². The van der Waals surface area contributed by atoms with Crippen LogP contribution in [0.5, 0.6) is 5.75 Å². The molecular formula is C22H25ClN2O5S. The smallest absolute Gasteiger partial charge is 0.414 e. The number of amides is 1. The number of halogens is 1. The van der Waals surface area contributed by atoms with Crippen LogP contribution in [0.15, 0.2) is 53.4 Å². The Morgan fingerprint density at radius 2 is 1.71 bits per heavy atom. The molecule has 7 nitrogen and oxygen atoms in total. The summed E-state index contributed by atoms with van der Waals surface area (Å²) in [6, 6.07) is 13.6. The van der Waals surface area contributed by atoms with Gasteiger partial charge in [-0.05, 0) is 74.5 Å². The van der Waals surface area contributed by atoms with E-state index >= 15 is 0 Å². The maximum Gasteiger partial charge on any atom is 0.414 e. The molecule has 9 heteroatoms. The summed E-state index contributed by atoms with van der Waals surface area (Å²) in [7, 11) is -1.78. The number of sulfone groups is 1. The van der Waals surface area contributed by atoms with Gasteiger partial charge in [0.05, 0.1) is 23.8 Å². The molecule has 0 aliphatic carbocycles. The zero-order chi connectivity index (χ0) is 22.0. The van der Waals surface area contributed by atoms with E-state index in [-0.39, 0.29) is 12.2 Å². The zero-order valence-corrected chi connectivity index (χ0v) is 18.8. The minimum Gasteiger partial charge on any atom is -0.497 e. The molecule has 2 saturated heterocycles. The van der Waals surface area contributed by atoms with Crippen LogP contribution in [-0.4, -0.2) is 64.1 Å². The van der Waals surface area contributed by atoms with E-state index in [1.165, 1.54) is 0 Å². The highest BCUT2D eigenvalue weighted by Crippen LogP contribution is 2.28. The van der Waals surface area contributed by atoms with Crippen molar-refractivity contribution in [2.24, 2.45) is 0 Å². The van der Waals surface area contributed by atoms with Gasteiger partial charge in [-0.2, -0.15) is 0 Å². The van der Waals surface area contributed by atoms with Gasteiger partial charge in [-0.15, -0.1) is 0 Å². The van der Waals surface area contributed by atoms with E-state index in [1.807, 2.05) is 24.3 Å². The number of rotatable bonds is 6. The first-order valence-electron chi connectivity index (χ1n) is 10.2. The van der Waals surface area contributed by atoms with Crippen LogP contribution in [0.25, 0.3) is 0 Å². The number of carbonyl (C=O) groups excluding carboxylic acids is 1. The fourth-order valence-electron chi connectivity index (χ4n) is 4.10. The van der Waals surface area contributed by atoms with Crippen LogP contribution in [0, 0.1) is 0 Å². The number of hydrogen-bond acceptors (Lipinski definition) is 6. The predicted molar refractivity (Wildman–Crippen MR) is 119 cm³/mol. The molecule has 0 radical (unpaired) electrons. The molecule has 0 spiro atoms. The Kier molecular flexibility index (Phi) is 6.41. The lowest BCUT2D eigenvalue weighted by molar-refractivity contribution is 0.101. The van der Waals surface area contributed by atoms with Gasteiger partial charge in [0.2, 0.25) is 0 Å². The number of hydrogen-bond donors (Lipinski definition) is 0. The van der Waals surface area contributed by atoms with Gasteiger partial charge in [0, 0.05) is 17.3 Å². The Morgan fingerprint density at radius 3 is 2.32 bits per heavy atom. The summed E-state index contributed by atoms with van der Waals surface area (Å²) < 4.78 is 36.5. The van der Waals surface area contributed by atoms with Crippen LogP contribution in [0.1, 0.15) is 12.8 Å². The van der Waals surface area contributed by atoms with Crippen LogP contribution >= 0.6 is 11.6 Å². The van der Waals surface area contributed by atoms with Gasteiger partial charge in [0.15, 0.2) is 9.84 Å². The number of likely N-dealkylation sites (tertiary alicyclic amines) is 1. The Hall–Kier alpha value is -2.29. The van der Waals surface area contributed by atoms with E-state index in [4.69, 9.17) is 21.1 Å². The summed E-state index contributed by atoms with van der Waals surface area (Å²) in [5, 5.41) is 0.107. The minimum absolute atomic E-state index is 0.251. The van der Waals surface area contributed by atoms with Gasteiger partial charge < -0.3 is 9.47 Å². The summed E-state index contributed by atoms with van der Waals surface area (Å²) in [5.74, 6) is 0.726. The van der Waals surface area contributed by atoms with Gasteiger partial charge in [-0.25, -0.2) is 13.2 Å². The number of methoxy groups -OCH3 is 1. The molecule has 166 valence electrons. The van der Waals surface area contributed by atoms with E-state index in [0.717, 1.165) is 11.4 Å². The molecule has 0 bridgehead atoms. The van der Waals surface area contributed by atoms with Crippen molar-refractivity contribution in [2.45, 2.75) is 29.1 Å². The number of piperidine rings is 1. The first-order chi connectivity index (χ1) is 14.9. The quantitative estimate of drug-likeness (QED) is 0.650. The van der Waals surface area contributed by atoms with Crippen molar-refractivity contribution < 1.29 is 22.7 Å². The van der Waals surface area contributed by atoms with Crippen molar-refractivity contribution in [3.05, 3.63) is 53.6 Å². The lowest BCUT2D eigenvalue weighted by Crippen LogP contribution is -2.43. The van der Waals surface area contributed by atoms with Crippen LogP contribution in [-0.2, 0) is 14.6 Å². The van der Waals surface area contributed by atoms with Crippen LogP contribution < -0.4 is 9.64 Å². The second-order valence-electron chi connectivity index (χ2n) is 7.81. The number of carbonyl (C=O) groups is 1. The summed E-state index contributed by atoms with van der Waals surface area (Å²) in [6.07, 6.45) is 0.483. The van der Waals surface area contributed by atoms with E-state index in [2.05, 4.69) is 4.90 Å². The van der Waals surface area contributed by atoms with Crippen molar-refractivity contribution in [1.29, 1.82) is 0 Å². The highest BCUT2D eigenvalue weighted by atomic mass is 35.5. The third-order valence-corrected chi connectivity index (χ3v) is 8.37. The number of ether oxygens (including phenoxy) is 2. The van der Waals surface area contributed by atoms with Gasteiger partial charge in [-0.3, -0.25) is 9.80 Å². The Labute approximate surface area is 187 Å². The lowest BCUT2D eigenvalue weighted by atomic mass is 10.1. The fraction of sp³-hybridized carbons (Fsp3) is 0.409. The second-order valence-corrected chi connectivity index (χ2v) is 10.5. The Bertz CT molecular complexity index is 1020. The van der Waals surface area contributed by atoms with E-state index in [1.54, 1.807) is 36.3 Å². The standard InChI is InChI=1S/C22H25ClN2O5S/c1-29-18-6-4-17(5-7-18)25-15-19(30-22(25)26)14-24-12-10-21(11-13-24)31(27,28)20-8-2-16(23)3-9-20/h2-9,19,21H,10-15H2,1H3/t19-/m0/s1. The predicted octanol–water partition coefficient (Wildman–Crippen LogP) is 3.61. The average molecular weight is 465 g/mol. The lowest BCUT2D eigenvalue weighted by Gasteiger charge is -2.32. The third-order valence-electron chi connectivity index (χ3n) is 5.84. The second kappa shape index (κ2) is 9.06. The molecule has 0 saturated carbocycles. The molecule has 4 rings (SSSR count). The minimum atomic E-state index is -3.38.